The summed E-state index contributed by atoms with van der Waals surface area (Å²) in [6.45, 7) is 3.17. The predicted molar refractivity (Wildman–Crippen MR) is 81.9 cm³/mol. The molecule has 0 aromatic carbocycles. The number of carbonyl (C=O) groups is 2. The lowest BCUT2D eigenvalue weighted by molar-refractivity contribution is -0.140. The number of rotatable bonds is 8. The molecule has 0 fully saturated rings. The Kier molecular flexibility index (Phi) is 7.50. The number of hydrogen-bond acceptors (Lipinski definition) is 5. The second-order valence-corrected chi connectivity index (χ2v) is 5.18. The van der Waals surface area contributed by atoms with Crippen molar-refractivity contribution in [3.63, 3.8) is 0 Å². The second kappa shape index (κ2) is 9.15. The fraction of sp³-hybridized carbons (Fsp3) is 0.667. The molecule has 21 heavy (non-hydrogen) atoms. The summed E-state index contributed by atoms with van der Waals surface area (Å²) in [7, 11) is 3.32. The van der Waals surface area contributed by atoms with E-state index in [1.165, 1.54) is 7.11 Å². The zero-order chi connectivity index (χ0) is 15.7. The summed E-state index contributed by atoms with van der Waals surface area (Å²) < 4.78 is 4.58. The van der Waals surface area contributed by atoms with Gasteiger partial charge in [-0.05, 0) is 19.8 Å². The first-order valence-electron chi connectivity index (χ1n) is 7.34. The number of nitrogens with zero attached hydrogens (tertiary/aromatic N) is 2. The molecule has 118 valence electrons. The van der Waals surface area contributed by atoms with Gasteiger partial charge in [0, 0.05) is 26.2 Å². The van der Waals surface area contributed by atoms with Gasteiger partial charge in [0.2, 0.25) is 0 Å². The maximum Gasteiger partial charge on any atom is 0.305 e. The van der Waals surface area contributed by atoms with Crippen molar-refractivity contribution in [3.8, 4) is 0 Å². The summed E-state index contributed by atoms with van der Waals surface area (Å²) in [5.41, 5.74) is 0.689. The molecule has 0 radical (unpaired) electrons. The first kappa shape index (κ1) is 17.2. The second-order valence-electron chi connectivity index (χ2n) is 5.18. The van der Waals surface area contributed by atoms with Crippen LogP contribution < -0.4 is 5.32 Å². The molecule has 0 aromatic heterocycles. The molecular formula is C15H25N3O3. The van der Waals surface area contributed by atoms with E-state index in [0.717, 1.165) is 31.5 Å². The van der Waals surface area contributed by atoms with Crippen molar-refractivity contribution in [1.29, 1.82) is 0 Å². The van der Waals surface area contributed by atoms with E-state index >= 15 is 0 Å². The number of amidine groups is 1. The third-order valence-electron chi connectivity index (χ3n) is 3.48. The van der Waals surface area contributed by atoms with Crippen LogP contribution in [0.4, 0.5) is 0 Å². The van der Waals surface area contributed by atoms with E-state index in [1.54, 1.807) is 6.20 Å². The largest absolute Gasteiger partial charge is 0.469 e. The normalized spacial score (nSPS) is 14.3. The Hall–Kier alpha value is -1.85. The summed E-state index contributed by atoms with van der Waals surface area (Å²) in [5.74, 6) is 0.706. The van der Waals surface area contributed by atoms with Gasteiger partial charge in [-0.2, -0.15) is 0 Å². The van der Waals surface area contributed by atoms with Crippen LogP contribution in [0.15, 0.2) is 16.8 Å². The van der Waals surface area contributed by atoms with Gasteiger partial charge in [-0.1, -0.05) is 12.8 Å². The monoisotopic (exact) mass is 295 g/mol. The highest BCUT2D eigenvalue weighted by atomic mass is 16.5. The Labute approximate surface area is 126 Å². The fourth-order valence-electron chi connectivity index (χ4n) is 1.98. The minimum absolute atomic E-state index is 0.0485. The van der Waals surface area contributed by atoms with Crippen LogP contribution in [-0.4, -0.2) is 49.9 Å². The molecule has 1 rings (SSSR count). The average Bonchev–Trinajstić information content (AvgIpc) is 2.48. The van der Waals surface area contributed by atoms with Gasteiger partial charge in [-0.3, -0.25) is 9.59 Å². The predicted octanol–water partition coefficient (Wildman–Crippen LogP) is 1.47. The van der Waals surface area contributed by atoms with E-state index in [4.69, 9.17) is 0 Å². The van der Waals surface area contributed by atoms with Gasteiger partial charge < -0.3 is 15.0 Å². The summed E-state index contributed by atoms with van der Waals surface area (Å²) in [6.07, 6.45) is 5.83. The van der Waals surface area contributed by atoms with E-state index in [2.05, 4.69) is 15.0 Å². The number of methoxy groups -OCH3 is 1. The Morgan fingerprint density at radius 1 is 1.33 bits per heavy atom. The van der Waals surface area contributed by atoms with Gasteiger partial charge in [0.05, 0.1) is 19.2 Å². The first-order chi connectivity index (χ1) is 10.0. The third kappa shape index (κ3) is 6.42. The lowest BCUT2D eigenvalue weighted by Gasteiger charge is -2.22. The molecule has 6 nitrogen and oxygen atoms in total. The van der Waals surface area contributed by atoms with Crippen molar-refractivity contribution in [2.75, 3.05) is 27.2 Å². The molecule has 0 bridgehead atoms. The van der Waals surface area contributed by atoms with Gasteiger partial charge in [-0.25, -0.2) is 4.99 Å². The first-order valence-corrected chi connectivity index (χ1v) is 7.34. The Balaban J connectivity index is 2.10. The van der Waals surface area contributed by atoms with Crippen molar-refractivity contribution in [1.82, 2.24) is 10.2 Å². The molecule has 0 aliphatic carbocycles. The highest BCUT2D eigenvalue weighted by Crippen LogP contribution is 2.07. The molecule has 0 aromatic rings. The van der Waals surface area contributed by atoms with Gasteiger partial charge in [0.25, 0.3) is 5.91 Å². The molecule has 0 atom stereocenters. The fourth-order valence-corrected chi connectivity index (χ4v) is 1.98. The van der Waals surface area contributed by atoms with E-state index in [-0.39, 0.29) is 11.9 Å². The number of unbranched alkanes of at least 4 members (excludes halogenated alkanes) is 3. The van der Waals surface area contributed by atoms with Gasteiger partial charge in [0.15, 0.2) is 0 Å². The van der Waals surface area contributed by atoms with Gasteiger partial charge in [-0.15, -0.1) is 0 Å². The average molecular weight is 295 g/mol. The standard InChI is InChI=1S/C15H25N3O3/c1-12-17-10-13(11-18(12)2)15(20)16-9-7-5-4-6-8-14(19)21-3/h10H,4-9,11H2,1-3H3,(H,16,20). The van der Waals surface area contributed by atoms with Crippen molar-refractivity contribution in [2.45, 2.75) is 39.0 Å². The number of ether oxygens (including phenoxy) is 1. The SMILES string of the molecule is COC(=O)CCCCCCNC(=O)C1=CN=C(C)N(C)C1. The Bertz CT molecular complexity index is 430. The number of aliphatic imine (C=N–C) groups is 1. The maximum atomic E-state index is 11.9. The van der Waals surface area contributed by atoms with E-state index < -0.39 is 0 Å². The number of nitrogens with one attached hydrogen (secondary N) is 1. The smallest absolute Gasteiger partial charge is 0.305 e. The molecule has 6 heteroatoms. The zero-order valence-electron chi connectivity index (χ0n) is 13.1. The van der Waals surface area contributed by atoms with Crippen LogP contribution in [0.5, 0.6) is 0 Å². The third-order valence-corrected chi connectivity index (χ3v) is 3.48. The van der Waals surface area contributed by atoms with Crippen molar-refractivity contribution in [3.05, 3.63) is 11.8 Å². The quantitative estimate of drug-likeness (QED) is 0.544. The lowest BCUT2D eigenvalue weighted by atomic mass is 10.1. The molecule has 1 heterocycles. The lowest BCUT2D eigenvalue weighted by Crippen LogP contribution is -2.35. The molecule has 0 saturated heterocycles. The molecule has 1 aliphatic rings. The molecule has 0 unspecified atom stereocenters. The highest BCUT2D eigenvalue weighted by Gasteiger charge is 2.15. The minimum atomic E-state index is -0.160. The van der Waals surface area contributed by atoms with Crippen LogP contribution in [0, 0.1) is 0 Å². The summed E-state index contributed by atoms with van der Waals surface area (Å²) in [6, 6.07) is 0. The number of amides is 1. The zero-order valence-corrected chi connectivity index (χ0v) is 13.1. The molecule has 0 saturated carbocycles. The van der Waals surface area contributed by atoms with Crippen molar-refractivity contribution < 1.29 is 14.3 Å². The Morgan fingerprint density at radius 3 is 2.71 bits per heavy atom. The molecule has 1 N–H and O–H groups in total. The maximum absolute atomic E-state index is 11.9. The molecule has 1 aliphatic heterocycles. The highest BCUT2D eigenvalue weighted by molar-refractivity contribution is 5.96. The van der Waals surface area contributed by atoms with E-state index in [9.17, 15) is 9.59 Å². The van der Waals surface area contributed by atoms with Crippen molar-refractivity contribution in [2.24, 2.45) is 4.99 Å². The van der Waals surface area contributed by atoms with E-state index in [1.807, 2.05) is 18.9 Å². The molecular weight excluding hydrogens is 270 g/mol. The number of hydrogen-bond donors (Lipinski definition) is 1. The number of likely N-dealkylation sites (N-methyl/N-ethyl adjacent to an activating group) is 1. The summed E-state index contributed by atoms with van der Waals surface area (Å²) in [4.78, 5) is 29.0. The van der Waals surface area contributed by atoms with Crippen LogP contribution in [0.1, 0.15) is 39.0 Å². The Morgan fingerprint density at radius 2 is 2.05 bits per heavy atom. The van der Waals surface area contributed by atoms with Crippen LogP contribution in [0.3, 0.4) is 0 Å². The number of esters is 1. The molecule has 1 amide bonds. The minimum Gasteiger partial charge on any atom is -0.469 e. The van der Waals surface area contributed by atoms with Gasteiger partial charge >= 0.3 is 5.97 Å². The van der Waals surface area contributed by atoms with Gasteiger partial charge in [0.1, 0.15) is 5.84 Å². The number of carbonyl (C=O) groups excluding carboxylic acids is 2. The van der Waals surface area contributed by atoms with Crippen LogP contribution in [0.25, 0.3) is 0 Å². The van der Waals surface area contributed by atoms with E-state index in [0.29, 0.717) is 25.1 Å². The van der Waals surface area contributed by atoms with Crippen LogP contribution >= 0.6 is 0 Å². The van der Waals surface area contributed by atoms with Crippen LogP contribution in [0.2, 0.25) is 0 Å². The van der Waals surface area contributed by atoms with Crippen molar-refractivity contribution >= 4 is 17.7 Å². The molecule has 0 spiro atoms. The summed E-state index contributed by atoms with van der Waals surface area (Å²) in [5, 5.41) is 2.90. The summed E-state index contributed by atoms with van der Waals surface area (Å²) >= 11 is 0. The van der Waals surface area contributed by atoms with Crippen LogP contribution in [-0.2, 0) is 14.3 Å². The topological polar surface area (TPSA) is 71.0 Å².